The second-order valence-electron chi connectivity index (χ2n) is 4.94. The van der Waals surface area contributed by atoms with Gasteiger partial charge in [0, 0.05) is 12.6 Å². The summed E-state index contributed by atoms with van der Waals surface area (Å²) < 4.78 is 11.3. The molecule has 3 heteroatoms. The Balaban J connectivity index is 1.98. The summed E-state index contributed by atoms with van der Waals surface area (Å²) in [6, 6.07) is 6.91. The van der Waals surface area contributed by atoms with Gasteiger partial charge >= 0.3 is 0 Å². The van der Waals surface area contributed by atoms with Gasteiger partial charge < -0.3 is 9.47 Å². The molecule has 2 aliphatic rings. The zero-order valence-electron chi connectivity index (χ0n) is 10.5. The van der Waals surface area contributed by atoms with Gasteiger partial charge in [-0.15, -0.1) is 0 Å². The first-order chi connectivity index (χ1) is 8.29. The van der Waals surface area contributed by atoms with E-state index in [1.165, 1.54) is 17.5 Å². The molecule has 3 nitrogen and oxygen atoms in total. The Morgan fingerprint density at radius 2 is 2.29 bits per heavy atom. The van der Waals surface area contributed by atoms with Crippen LogP contribution in [0.4, 0.5) is 0 Å². The summed E-state index contributed by atoms with van der Waals surface area (Å²) in [6.45, 7) is 1.87. The van der Waals surface area contributed by atoms with Gasteiger partial charge in [-0.05, 0) is 43.1 Å². The van der Waals surface area contributed by atoms with Crippen LogP contribution in [-0.4, -0.2) is 38.3 Å². The lowest BCUT2D eigenvalue weighted by molar-refractivity contribution is -0.0707. The SMILES string of the molecule is COc1ccc2c(c1)C1OCCN(C)[C@@H]1CC2. The molecule has 17 heavy (non-hydrogen) atoms. The molecule has 0 aromatic heterocycles. The van der Waals surface area contributed by atoms with Gasteiger partial charge in [0.25, 0.3) is 0 Å². The molecule has 92 valence electrons. The predicted molar refractivity (Wildman–Crippen MR) is 66.4 cm³/mol. The molecule has 2 atom stereocenters. The molecule has 1 unspecified atom stereocenters. The maximum absolute atomic E-state index is 5.98. The highest BCUT2D eigenvalue weighted by Crippen LogP contribution is 2.38. The molecule has 1 aliphatic carbocycles. The number of rotatable bonds is 1. The molecular formula is C14H19NO2. The van der Waals surface area contributed by atoms with Crippen molar-refractivity contribution in [3.8, 4) is 5.75 Å². The van der Waals surface area contributed by atoms with E-state index in [0.29, 0.717) is 6.04 Å². The molecule has 0 N–H and O–H groups in total. The topological polar surface area (TPSA) is 21.7 Å². The summed E-state index contributed by atoms with van der Waals surface area (Å²) in [6.07, 6.45) is 2.57. The van der Waals surface area contributed by atoms with Gasteiger partial charge in [0.05, 0.1) is 19.8 Å². The minimum absolute atomic E-state index is 0.229. The van der Waals surface area contributed by atoms with Crippen LogP contribution in [0.25, 0.3) is 0 Å². The van der Waals surface area contributed by atoms with Crippen molar-refractivity contribution in [1.29, 1.82) is 0 Å². The molecule has 0 spiro atoms. The van der Waals surface area contributed by atoms with E-state index in [1.54, 1.807) is 7.11 Å². The van der Waals surface area contributed by atoms with E-state index < -0.39 is 0 Å². The van der Waals surface area contributed by atoms with Gasteiger partial charge in [-0.3, -0.25) is 4.90 Å². The minimum atomic E-state index is 0.229. The van der Waals surface area contributed by atoms with Gasteiger partial charge in [0.1, 0.15) is 5.75 Å². The summed E-state index contributed by atoms with van der Waals surface area (Å²) in [5.41, 5.74) is 2.74. The maximum atomic E-state index is 5.98. The number of likely N-dealkylation sites (N-methyl/N-ethyl adjacent to an activating group) is 1. The Morgan fingerprint density at radius 3 is 3.12 bits per heavy atom. The summed E-state index contributed by atoms with van der Waals surface area (Å²) in [4.78, 5) is 2.43. The van der Waals surface area contributed by atoms with Crippen LogP contribution in [0.5, 0.6) is 5.75 Å². The summed E-state index contributed by atoms with van der Waals surface area (Å²) in [7, 11) is 3.92. The molecule has 3 rings (SSSR count). The van der Waals surface area contributed by atoms with E-state index in [1.807, 2.05) is 6.07 Å². The largest absolute Gasteiger partial charge is 0.497 e. The first-order valence-electron chi connectivity index (χ1n) is 6.28. The summed E-state index contributed by atoms with van der Waals surface area (Å²) in [5, 5.41) is 0. The van der Waals surface area contributed by atoms with Crippen molar-refractivity contribution in [2.24, 2.45) is 0 Å². The van der Waals surface area contributed by atoms with Crippen molar-refractivity contribution in [3.05, 3.63) is 29.3 Å². The van der Waals surface area contributed by atoms with Crippen molar-refractivity contribution in [2.75, 3.05) is 27.3 Å². The second-order valence-corrected chi connectivity index (χ2v) is 4.94. The van der Waals surface area contributed by atoms with Crippen LogP contribution in [-0.2, 0) is 11.2 Å². The monoisotopic (exact) mass is 233 g/mol. The quantitative estimate of drug-likeness (QED) is 0.740. The van der Waals surface area contributed by atoms with Crippen LogP contribution in [0.15, 0.2) is 18.2 Å². The number of ether oxygens (including phenoxy) is 2. The lowest BCUT2D eigenvalue weighted by Crippen LogP contribution is -2.46. The third-order valence-electron chi connectivity index (χ3n) is 4.03. The van der Waals surface area contributed by atoms with E-state index in [-0.39, 0.29) is 6.10 Å². The van der Waals surface area contributed by atoms with Gasteiger partial charge in [0.15, 0.2) is 0 Å². The molecule has 1 fully saturated rings. The third-order valence-corrected chi connectivity index (χ3v) is 4.03. The molecular weight excluding hydrogens is 214 g/mol. The zero-order valence-corrected chi connectivity index (χ0v) is 10.5. The normalized spacial score (nSPS) is 28.4. The first kappa shape index (κ1) is 11.1. The molecule has 1 aliphatic heterocycles. The summed E-state index contributed by atoms with van der Waals surface area (Å²) in [5.74, 6) is 0.932. The maximum Gasteiger partial charge on any atom is 0.119 e. The van der Waals surface area contributed by atoms with E-state index in [0.717, 1.165) is 25.3 Å². The fourth-order valence-electron chi connectivity index (χ4n) is 3.00. The van der Waals surface area contributed by atoms with Crippen molar-refractivity contribution < 1.29 is 9.47 Å². The lowest BCUT2D eigenvalue weighted by Gasteiger charge is -2.42. The first-order valence-corrected chi connectivity index (χ1v) is 6.28. The van der Waals surface area contributed by atoms with Crippen molar-refractivity contribution >= 4 is 0 Å². The average Bonchev–Trinajstić information content (AvgIpc) is 2.38. The van der Waals surface area contributed by atoms with Crippen LogP contribution in [0.3, 0.4) is 0 Å². The molecule has 1 heterocycles. The number of aryl methyl sites for hydroxylation is 1. The third kappa shape index (κ3) is 1.83. The Kier molecular flexibility index (Phi) is 2.81. The van der Waals surface area contributed by atoms with Crippen LogP contribution in [0, 0.1) is 0 Å². The Labute approximate surface area is 102 Å². The molecule has 1 saturated heterocycles. The van der Waals surface area contributed by atoms with Crippen molar-refractivity contribution in [2.45, 2.75) is 25.0 Å². The van der Waals surface area contributed by atoms with Crippen LogP contribution < -0.4 is 4.74 Å². The van der Waals surface area contributed by atoms with Crippen LogP contribution in [0.2, 0.25) is 0 Å². The van der Waals surface area contributed by atoms with E-state index in [4.69, 9.17) is 9.47 Å². The van der Waals surface area contributed by atoms with Gasteiger partial charge in [0.2, 0.25) is 0 Å². The number of morpholine rings is 1. The number of hydrogen-bond donors (Lipinski definition) is 0. The number of benzene rings is 1. The number of fused-ring (bicyclic) bond motifs is 3. The minimum Gasteiger partial charge on any atom is -0.497 e. The highest BCUT2D eigenvalue weighted by atomic mass is 16.5. The molecule has 0 saturated carbocycles. The molecule has 0 bridgehead atoms. The Morgan fingerprint density at radius 1 is 1.41 bits per heavy atom. The smallest absolute Gasteiger partial charge is 0.119 e. The molecule has 1 aromatic carbocycles. The molecule has 1 aromatic rings. The highest BCUT2D eigenvalue weighted by Gasteiger charge is 2.35. The average molecular weight is 233 g/mol. The second kappa shape index (κ2) is 4.31. The number of hydrogen-bond acceptors (Lipinski definition) is 3. The zero-order chi connectivity index (χ0) is 11.8. The van der Waals surface area contributed by atoms with Crippen molar-refractivity contribution in [1.82, 2.24) is 4.90 Å². The van der Waals surface area contributed by atoms with E-state index >= 15 is 0 Å². The van der Waals surface area contributed by atoms with Crippen molar-refractivity contribution in [3.63, 3.8) is 0 Å². The fourth-order valence-corrected chi connectivity index (χ4v) is 3.00. The van der Waals surface area contributed by atoms with Gasteiger partial charge in [-0.25, -0.2) is 0 Å². The number of methoxy groups -OCH3 is 1. The van der Waals surface area contributed by atoms with Gasteiger partial charge in [-0.2, -0.15) is 0 Å². The summed E-state index contributed by atoms with van der Waals surface area (Å²) >= 11 is 0. The van der Waals surface area contributed by atoms with E-state index in [9.17, 15) is 0 Å². The number of nitrogens with zero attached hydrogens (tertiary/aromatic N) is 1. The van der Waals surface area contributed by atoms with Gasteiger partial charge in [-0.1, -0.05) is 6.07 Å². The van der Waals surface area contributed by atoms with E-state index in [2.05, 4.69) is 24.1 Å². The van der Waals surface area contributed by atoms with Crippen LogP contribution in [0.1, 0.15) is 23.7 Å². The predicted octanol–water partition coefficient (Wildman–Crippen LogP) is 2.01. The fraction of sp³-hybridized carbons (Fsp3) is 0.571. The highest BCUT2D eigenvalue weighted by molar-refractivity contribution is 5.39. The Hall–Kier alpha value is -1.06. The molecule has 0 radical (unpaired) electrons. The molecule has 0 amide bonds. The standard InChI is InChI=1S/C14H19NO2/c1-15-7-8-17-14-12-9-11(16-2)5-3-10(12)4-6-13(14)15/h3,5,9,13-14H,4,6-8H2,1-2H3/t13-,14?/m1/s1. The van der Waals surface area contributed by atoms with Crippen LogP contribution >= 0.6 is 0 Å². The Bertz CT molecular complexity index is 419. The lowest BCUT2D eigenvalue weighted by atomic mass is 9.84.